The van der Waals surface area contributed by atoms with Crippen LogP contribution in [0.2, 0.25) is 0 Å². The van der Waals surface area contributed by atoms with E-state index in [9.17, 15) is 13.2 Å². The molecule has 0 aromatic heterocycles. The van der Waals surface area contributed by atoms with Crippen LogP contribution in [0.4, 0.5) is 0 Å². The number of esters is 1. The predicted octanol–water partition coefficient (Wildman–Crippen LogP) is 4.07. The molecule has 3 aromatic rings. The van der Waals surface area contributed by atoms with Crippen molar-refractivity contribution in [2.75, 3.05) is 34.0 Å². The van der Waals surface area contributed by atoms with Gasteiger partial charge in [-0.3, -0.25) is 4.90 Å². The second kappa shape index (κ2) is 11.2. The summed E-state index contributed by atoms with van der Waals surface area (Å²) in [4.78, 5) is 14.2. The molecule has 2 aliphatic heterocycles. The summed E-state index contributed by atoms with van der Waals surface area (Å²) in [6, 6.07) is 15.8. The molecule has 2 heterocycles. The molecule has 2 aliphatic rings. The van der Waals surface area contributed by atoms with Crippen LogP contribution >= 0.6 is 0 Å². The monoisotopic (exact) mass is 553 g/mol. The highest BCUT2D eigenvalue weighted by atomic mass is 32.2. The lowest BCUT2D eigenvalue weighted by Crippen LogP contribution is -2.39. The van der Waals surface area contributed by atoms with Crippen molar-refractivity contribution in [1.82, 2.24) is 4.90 Å². The third-order valence-corrected chi connectivity index (χ3v) is 8.32. The van der Waals surface area contributed by atoms with Crippen molar-refractivity contribution < 1.29 is 36.3 Å². The van der Waals surface area contributed by atoms with Gasteiger partial charge in [0, 0.05) is 24.7 Å². The summed E-state index contributed by atoms with van der Waals surface area (Å²) in [6.07, 6.45) is 1.41. The summed E-state index contributed by atoms with van der Waals surface area (Å²) in [5, 5.41) is 0. The highest BCUT2D eigenvalue weighted by Gasteiger charge is 2.36. The van der Waals surface area contributed by atoms with Gasteiger partial charge in [0.05, 0.1) is 20.8 Å². The number of hydrogen-bond acceptors (Lipinski definition) is 9. The van der Waals surface area contributed by atoms with Crippen molar-refractivity contribution in [1.29, 1.82) is 0 Å². The van der Waals surface area contributed by atoms with E-state index < -0.39 is 16.1 Å². The van der Waals surface area contributed by atoms with E-state index >= 15 is 0 Å². The predicted molar refractivity (Wildman–Crippen MR) is 143 cm³/mol. The van der Waals surface area contributed by atoms with Crippen molar-refractivity contribution in [3.8, 4) is 23.0 Å². The zero-order valence-electron chi connectivity index (χ0n) is 22.1. The Bertz CT molecular complexity index is 1470. The Morgan fingerprint density at radius 2 is 1.74 bits per heavy atom. The van der Waals surface area contributed by atoms with Crippen LogP contribution in [0.15, 0.2) is 59.5 Å². The fraction of sp³-hybridized carbons (Fsp3) is 0.345. The Balaban J connectivity index is 1.46. The number of ether oxygens (including phenoxy) is 4. The number of methoxy groups -OCH3 is 2. The maximum Gasteiger partial charge on any atom is 0.344 e. The van der Waals surface area contributed by atoms with E-state index in [2.05, 4.69) is 4.90 Å². The van der Waals surface area contributed by atoms with E-state index in [1.807, 2.05) is 18.2 Å². The average Bonchev–Trinajstić information content (AvgIpc) is 2.95. The van der Waals surface area contributed by atoms with Gasteiger partial charge in [-0.1, -0.05) is 24.3 Å². The Morgan fingerprint density at radius 3 is 2.46 bits per heavy atom. The third-order valence-electron chi connectivity index (χ3n) is 7.09. The third kappa shape index (κ3) is 5.39. The van der Waals surface area contributed by atoms with Crippen molar-refractivity contribution in [3.05, 3.63) is 76.9 Å². The molecule has 0 spiro atoms. The molecule has 0 radical (unpaired) electrons. The molecule has 39 heavy (non-hydrogen) atoms. The first-order valence-electron chi connectivity index (χ1n) is 12.8. The van der Waals surface area contributed by atoms with Crippen LogP contribution in [0, 0.1) is 0 Å². The summed E-state index contributed by atoms with van der Waals surface area (Å²) in [7, 11) is -0.980. The topological polar surface area (TPSA) is 101 Å². The molecule has 0 saturated heterocycles. The smallest absolute Gasteiger partial charge is 0.344 e. The van der Waals surface area contributed by atoms with Gasteiger partial charge in [-0.15, -0.1) is 0 Å². The van der Waals surface area contributed by atoms with E-state index in [1.54, 1.807) is 38.3 Å². The molecule has 0 N–H and O–H groups in total. The molecule has 0 bridgehead atoms. The maximum atomic E-state index is 13.1. The first-order valence-corrected chi connectivity index (χ1v) is 14.2. The van der Waals surface area contributed by atoms with Gasteiger partial charge in [-0.25, -0.2) is 4.79 Å². The number of hydrogen-bond donors (Lipinski definition) is 0. The molecule has 0 aliphatic carbocycles. The molecule has 5 rings (SSSR count). The Kier molecular flexibility index (Phi) is 7.67. The summed E-state index contributed by atoms with van der Waals surface area (Å²) >= 11 is 0. The molecule has 0 saturated carbocycles. The minimum absolute atomic E-state index is 0.0567. The van der Waals surface area contributed by atoms with E-state index in [4.69, 9.17) is 23.1 Å². The number of benzene rings is 3. The van der Waals surface area contributed by atoms with Crippen LogP contribution < -0.4 is 18.4 Å². The quantitative estimate of drug-likeness (QED) is 0.287. The SMILES string of the molecule is CCOC(=O)COc1cc2c(cc1OC)C1Cc3ccc(OC)c(OS(=O)(=O)c4ccccc4)c3CN1CC2. The first kappa shape index (κ1) is 26.8. The molecule has 1 unspecified atom stereocenters. The average molecular weight is 554 g/mol. The van der Waals surface area contributed by atoms with Gasteiger partial charge in [-0.2, -0.15) is 8.42 Å². The zero-order chi connectivity index (χ0) is 27.6. The first-order chi connectivity index (χ1) is 18.8. The summed E-state index contributed by atoms with van der Waals surface area (Å²) in [5.41, 5.74) is 4.03. The van der Waals surface area contributed by atoms with Gasteiger partial charge in [0.1, 0.15) is 4.90 Å². The Hall–Kier alpha value is -3.76. The Labute approximate surface area is 228 Å². The zero-order valence-corrected chi connectivity index (χ0v) is 23.0. The van der Waals surface area contributed by atoms with Crippen LogP contribution in [-0.2, 0) is 39.0 Å². The minimum Gasteiger partial charge on any atom is -0.493 e. The van der Waals surface area contributed by atoms with Crippen molar-refractivity contribution >= 4 is 16.1 Å². The second-order valence-corrected chi connectivity index (χ2v) is 10.9. The van der Waals surface area contributed by atoms with Gasteiger partial charge >= 0.3 is 16.1 Å². The number of nitrogens with zero attached hydrogens (tertiary/aromatic N) is 1. The molecule has 0 amide bonds. The summed E-state index contributed by atoms with van der Waals surface area (Å²) < 4.78 is 53.7. The van der Waals surface area contributed by atoms with Gasteiger partial charge in [0.15, 0.2) is 29.6 Å². The molecule has 3 aromatic carbocycles. The fourth-order valence-electron chi connectivity index (χ4n) is 5.22. The lowest BCUT2D eigenvalue weighted by molar-refractivity contribution is -0.145. The number of carbonyl (C=O) groups is 1. The largest absolute Gasteiger partial charge is 0.493 e. The van der Waals surface area contributed by atoms with Crippen LogP contribution in [0.3, 0.4) is 0 Å². The van der Waals surface area contributed by atoms with E-state index in [1.165, 1.54) is 19.2 Å². The van der Waals surface area contributed by atoms with Crippen molar-refractivity contribution in [2.45, 2.75) is 37.2 Å². The highest BCUT2D eigenvalue weighted by Crippen LogP contribution is 2.46. The van der Waals surface area contributed by atoms with Crippen LogP contribution in [0.5, 0.6) is 23.0 Å². The van der Waals surface area contributed by atoms with Gasteiger partial charge in [-0.05, 0) is 66.8 Å². The molecule has 9 nitrogen and oxygen atoms in total. The lowest BCUT2D eigenvalue weighted by Gasteiger charge is -2.42. The standard InChI is InChI=1S/C29H31NO8S/c1-4-36-28(31)18-37-27-15-20-12-13-30-17-23-19(14-24(30)22(20)16-26(27)35-3)10-11-25(34-2)29(23)38-39(32,33)21-8-6-5-7-9-21/h5-11,15-16,24H,4,12-14,17-18H2,1-3H3. The second-order valence-electron chi connectivity index (χ2n) is 9.32. The normalized spacial score (nSPS) is 16.3. The fourth-order valence-corrected chi connectivity index (χ4v) is 6.21. The van der Waals surface area contributed by atoms with Crippen molar-refractivity contribution in [3.63, 3.8) is 0 Å². The lowest BCUT2D eigenvalue weighted by atomic mass is 9.83. The van der Waals surface area contributed by atoms with Crippen LogP contribution in [0.25, 0.3) is 0 Å². The number of fused-ring (bicyclic) bond motifs is 4. The van der Waals surface area contributed by atoms with Crippen molar-refractivity contribution in [2.24, 2.45) is 0 Å². The number of carbonyl (C=O) groups excluding carboxylic acids is 1. The van der Waals surface area contributed by atoms with Crippen LogP contribution in [0.1, 0.15) is 35.2 Å². The van der Waals surface area contributed by atoms with Gasteiger partial charge < -0.3 is 23.1 Å². The molecular formula is C29H31NO8S. The minimum atomic E-state index is -4.05. The van der Waals surface area contributed by atoms with Gasteiger partial charge in [0.25, 0.3) is 0 Å². The molecule has 206 valence electrons. The maximum absolute atomic E-state index is 13.1. The van der Waals surface area contributed by atoms with Crippen LogP contribution in [-0.4, -0.2) is 53.3 Å². The molecule has 10 heteroatoms. The molecule has 0 fully saturated rings. The highest BCUT2D eigenvalue weighted by molar-refractivity contribution is 7.87. The number of rotatable bonds is 9. The van der Waals surface area contributed by atoms with E-state index in [-0.39, 0.29) is 23.3 Å². The molecular weight excluding hydrogens is 522 g/mol. The van der Waals surface area contributed by atoms with Gasteiger partial charge in [0.2, 0.25) is 0 Å². The molecule has 1 atom stereocenters. The Morgan fingerprint density at radius 1 is 0.974 bits per heavy atom. The van der Waals surface area contributed by atoms with E-state index in [0.29, 0.717) is 36.8 Å². The summed E-state index contributed by atoms with van der Waals surface area (Å²) in [6.45, 7) is 3.10. The van der Waals surface area contributed by atoms with E-state index in [0.717, 1.165) is 35.2 Å². The summed E-state index contributed by atoms with van der Waals surface area (Å²) in [5.74, 6) is 1.20.